The second-order valence-electron chi connectivity index (χ2n) is 7.18. The Labute approximate surface area is 175 Å². The number of fused-ring (bicyclic) bond motifs is 1. The van der Waals surface area contributed by atoms with Crippen LogP contribution in [0.15, 0.2) is 60.8 Å². The van der Waals surface area contributed by atoms with Crippen LogP contribution in [0.1, 0.15) is 34.1 Å². The molecule has 4 rings (SSSR count). The molecule has 0 bridgehead atoms. The number of hydrogen-bond donors (Lipinski definition) is 1. The number of nitrogens with one attached hydrogen (secondary N) is 1. The Morgan fingerprint density at radius 2 is 1.83 bits per heavy atom. The maximum absolute atomic E-state index is 13.0. The van der Waals surface area contributed by atoms with Gasteiger partial charge >= 0.3 is 0 Å². The molecule has 6 heteroatoms. The zero-order valence-corrected chi connectivity index (χ0v) is 17.3. The molecule has 0 aliphatic heterocycles. The van der Waals surface area contributed by atoms with Crippen molar-refractivity contribution < 1.29 is 9.53 Å². The Morgan fingerprint density at radius 3 is 2.57 bits per heavy atom. The monoisotopic (exact) mass is 400 g/mol. The summed E-state index contributed by atoms with van der Waals surface area (Å²) >= 11 is 0. The zero-order valence-electron chi connectivity index (χ0n) is 17.3. The lowest BCUT2D eigenvalue weighted by Gasteiger charge is -2.12. The van der Waals surface area contributed by atoms with Crippen LogP contribution in [0.5, 0.6) is 5.75 Å². The summed E-state index contributed by atoms with van der Waals surface area (Å²) in [4.78, 5) is 17.6. The van der Waals surface area contributed by atoms with Crippen LogP contribution >= 0.6 is 0 Å². The molecule has 0 atom stereocenters. The van der Waals surface area contributed by atoms with Gasteiger partial charge in [-0.2, -0.15) is 5.10 Å². The van der Waals surface area contributed by atoms with Crippen molar-refractivity contribution in [2.24, 2.45) is 0 Å². The molecule has 2 aromatic carbocycles. The van der Waals surface area contributed by atoms with Gasteiger partial charge in [-0.25, -0.2) is 4.68 Å². The minimum absolute atomic E-state index is 0.215. The van der Waals surface area contributed by atoms with E-state index in [9.17, 15) is 4.79 Å². The molecule has 2 aromatic heterocycles. The molecule has 0 radical (unpaired) electrons. The molecule has 152 valence electrons. The van der Waals surface area contributed by atoms with E-state index in [1.54, 1.807) is 24.1 Å². The number of pyridine rings is 1. The minimum atomic E-state index is -0.215. The molecule has 1 N–H and O–H groups in total. The first-order valence-electron chi connectivity index (χ1n) is 9.93. The van der Waals surface area contributed by atoms with E-state index < -0.39 is 0 Å². The van der Waals surface area contributed by atoms with Crippen LogP contribution in [0.2, 0.25) is 0 Å². The van der Waals surface area contributed by atoms with E-state index in [1.807, 2.05) is 31.2 Å². The summed E-state index contributed by atoms with van der Waals surface area (Å²) in [5.41, 5.74) is 4.44. The Morgan fingerprint density at radius 1 is 1.07 bits per heavy atom. The minimum Gasteiger partial charge on any atom is -0.497 e. The Kier molecular flexibility index (Phi) is 5.48. The van der Waals surface area contributed by atoms with Gasteiger partial charge in [-0.1, -0.05) is 31.2 Å². The highest BCUT2D eigenvalue weighted by Gasteiger charge is 2.15. The van der Waals surface area contributed by atoms with Crippen LogP contribution in [0.25, 0.3) is 10.9 Å². The van der Waals surface area contributed by atoms with Crippen LogP contribution in [0.3, 0.4) is 0 Å². The molecule has 0 saturated carbocycles. The third kappa shape index (κ3) is 4.03. The van der Waals surface area contributed by atoms with Gasteiger partial charge in [0.15, 0.2) is 0 Å². The Balaban J connectivity index is 1.57. The normalized spacial score (nSPS) is 10.9. The zero-order chi connectivity index (χ0) is 21.1. The first kappa shape index (κ1) is 19.6. The summed E-state index contributed by atoms with van der Waals surface area (Å²) in [5.74, 6) is 1.16. The average molecular weight is 400 g/mol. The number of anilines is 1. The van der Waals surface area contributed by atoms with Crippen molar-refractivity contribution in [2.45, 2.75) is 26.8 Å². The number of nitrogens with zero attached hydrogens (tertiary/aromatic N) is 3. The molecule has 6 nitrogen and oxygen atoms in total. The van der Waals surface area contributed by atoms with Gasteiger partial charge in [0.25, 0.3) is 5.91 Å². The molecule has 30 heavy (non-hydrogen) atoms. The average Bonchev–Trinajstić information content (AvgIpc) is 3.19. The first-order valence-corrected chi connectivity index (χ1v) is 9.93. The number of aryl methyl sites for hydroxylation is 2. The van der Waals surface area contributed by atoms with E-state index in [4.69, 9.17) is 4.74 Å². The largest absolute Gasteiger partial charge is 0.497 e. The molecule has 0 aliphatic carbocycles. The van der Waals surface area contributed by atoms with E-state index in [-0.39, 0.29) is 5.91 Å². The molecule has 0 fully saturated rings. The van der Waals surface area contributed by atoms with E-state index in [0.29, 0.717) is 23.6 Å². The van der Waals surface area contributed by atoms with Gasteiger partial charge in [-0.15, -0.1) is 0 Å². The second-order valence-corrected chi connectivity index (χ2v) is 7.18. The Hall–Kier alpha value is -3.67. The van der Waals surface area contributed by atoms with Crippen LogP contribution in [0, 0.1) is 6.92 Å². The van der Waals surface area contributed by atoms with Crippen molar-refractivity contribution in [3.8, 4) is 5.75 Å². The molecule has 0 aliphatic rings. The van der Waals surface area contributed by atoms with Crippen molar-refractivity contribution in [3.63, 3.8) is 0 Å². The number of benzene rings is 2. The molecule has 0 spiro atoms. The lowest BCUT2D eigenvalue weighted by atomic mass is 10.1. The predicted molar refractivity (Wildman–Crippen MR) is 118 cm³/mol. The second kappa shape index (κ2) is 8.37. The van der Waals surface area contributed by atoms with Crippen LogP contribution in [-0.4, -0.2) is 27.8 Å². The van der Waals surface area contributed by atoms with E-state index >= 15 is 0 Å². The molecule has 0 unspecified atom stereocenters. The van der Waals surface area contributed by atoms with Crippen LogP contribution < -0.4 is 10.1 Å². The molecule has 1 amide bonds. The fourth-order valence-electron chi connectivity index (χ4n) is 3.41. The highest BCUT2D eigenvalue weighted by molar-refractivity contribution is 6.06. The fraction of sp³-hybridized carbons (Fsp3) is 0.208. The highest BCUT2D eigenvalue weighted by atomic mass is 16.5. The number of rotatable bonds is 6. The van der Waals surface area contributed by atoms with Crippen molar-refractivity contribution in [1.82, 2.24) is 14.8 Å². The maximum Gasteiger partial charge on any atom is 0.258 e. The van der Waals surface area contributed by atoms with Gasteiger partial charge in [-0.3, -0.25) is 9.78 Å². The maximum atomic E-state index is 13.0. The summed E-state index contributed by atoms with van der Waals surface area (Å²) in [7, 11) is 1.62. The molecule has 2 heterocycles. The predicted octanol–water partition coefficient (Wildman–Crippen LogP) is 4.61. The SMILES string of the molecule is CCc1ccc(Cn2nccc2NC(=O)c2cc3cc(OC)ccc3nc2C)cc1. The van der Waals surface area contributed by atoms with Gasteiger partial charge < -0.3 is 10.1 Å². The molecule has 0 saturated heterocycles. The van der Waals surface area contributed by atoms with Crippen LogP contribution in [0.4, 0.5) is 5.82 Å². The van der Waals surface area contributed by atoms with Gasteiger partial charge in [0.2, 0.25) is 0 Å². The topological polar surface area (TPSA) is 69.0 Å². The van der Waals surface area contributed by atoms with Crippen molar-refractivity contribution >= 4 is 22.6 Å². The highest BCUT2D eigenvalue weighted by Crippen LogP contribution is 2.23. The van der Waals surface area contributed by atoms with E-state index in [1.165, 1.54) is 5.56 Å². The first-order chi connectivity index (χ1) is 14.6. The summed E-state index contributed by atoms with van der Waals surface area (Å²) in [6.07, 6.45) is 2.70. The smallest absolute Gasteiger partial charge is 0.258 e. The molecular weight excluding hydrogens is 376 g/mol. The van der Waals surface area contributed by atoms with Gasteiger partial charge in [0, 0.05) is 11.5 Å². The lowest BCUT2D eigenvalue weighted by Crippen LogP contribution is -2.17. The Bertz CT molecular complexity index is 1200. The summed E-state index contributed by atoms with van der Waals surface area (Å²) in [5, 5.41) is 8.20. The number of amides is 1. The molecule has 4 aromatic rings. The third-order valence-corrected chi connectivity index (χ3v) is 5.18. The summed E-state index contributed by atoms with van der Waals surface area (Å²) in [6, 6.07) is 17.7. The number of carbonyl (C=O) groups is 1. The van der Waals surface area contributed by atoms with E-state index in [2.05, 4.69) is 46.6 Å². The summed E-state index contributed by atoms with van der Waals surface area (Å²) < 4.78 is 7.07. The number of hydrogen-bond acceptors (Lipinski definition) is 4. The number of carbonyl (C=O) groups excluding carboxylic acids is 1. The number of ether oxygens (including phenoxy) is 1. The quantitative estimate of drug-likeness (QED) is 0.513. The standard InChI is InChI=1S/C24H24N4O2/c1-4-17-5-7-18(8-6-17)15-28-23(11-12-25-28)27-24(29)21-14-19-13-20(30-3)9-10-22(19)26-16(21)2/h5-14H,4,15H2,1-3H3,(H,27,29). The van der Waals surface area contributed by atoms with Crippen molar-refractivity contribution in [2.75, 3.05) is 12.4 Å². The van der Waals surface area contributed by atoms with Gasteiger partial charge in [0.05, 0.1) is 36.6 Å². The lowest BCUT2D eigenvalue weighted by molar-refractivity contribution is 0.102. The van der Waals surface area contributed by atoms with E-state index in [0.717, 1.165) is 28.6 Å². The van der Waals surface area contributed by atoms with Gasteiger partial charge in [0.1, 0.15) is 11.6 Å². The number of methoxy groups -OCH3 is 1. The fourth-order valence-corrected chi connectivity index (χ4v) is 3.41. The van der Waals surface area contributed by atoms with Crippen LogP contribution in [-0.2, 0) is 13.0 Å². The summed E-state index contributed by atoms with van der Waals surface area (Å²) in [6.45, 7) is 4.56. The molecular formula is C24H24N4O2. The van der Waals surface area contributed by atoms with Crippen molar-refractivity contribution in [1.29, 1.82) is 0 Å². The van der Waals surface area contributed by atoms with Crippen molar-refractivity contribution in [3.05, 3.63) is 83.2 Å². The van der Waals surface area contributed by atoms with Gasteiger partial charge in [-0.05, 0) is 48.7 Å². The number of aromatic nitrogens is 3. The third-order valence-electron chi connectivity index (χ3n) is 5.18.